The third-order valence-corrected chi connectivity index (χ3v) is 6.04. The molecule has 3 heterocycles. The molecule has 0 N–H and O–H groups in total. The molecule has 0 spiro atoms. The Morgan fingerprint density at radius 2 is 2.03 bits per heavy atom. The molecule has 0 unspecified atom stereocenters. The normalized spacial score (nSPS) is 19.0. The Morgan fingerprint density at radius 3 is 2.74 bits per heavy atom. The summed E-state index contributed by atoms with van der Waals surface area (Å²) in [6.45, 7) is 9.33. The number of amides is 2. The molecular formula is C24H29FN4O2. The van der Waals surface area contributed by atoms with Gasteiger partial charge in [0.15, 0.2) is 0 Å². The Kier molecular flexibility index (Phi) is 5.54. The van der Waals surface area contributed by atoms with Crippen molar-refractivity contribution in [3.63, 3.8) is 0 Å². The standard InChI is InChI=1S/C24H29FN4O2/c1-15-19-12-20(30)29(13-16-7-5-9-18(25)11-16)22(19)27-21(26-15)17-8-6-10-28(14-17)23(31)24(2,3)4/h5,7,9,11,17H,6,8,10,12-14H2,1-4H3/t17-/m1/s1. The van der Waals surface area contributed by atoms with Crippen LogP contribution < -0.4 is 4.90 Å². The lowest BCUT2D eigenvalue weighted by Crippen LogP contribution is -2.45. The van der Waals surface area contributed by atoms with E-state index in [0.717, 1.165) is 36.2 Å². The smallest absolute Gasteiger partial charge is 0.233 e. The van der Waals surface area contributed by atoms with Gasteiger partial charge in [-0.05, 0) is 37.5 Å². The van der Waals surface area contributed by atoms with Gasteiger partial charge >= 0.3 is 0 Å². The molecule has 0 saturated carbocycles. The van der Waals surface area contributed by atoms with Gasteiger partial charge in [-0.3, -0.25) is 14.5 Å². The number of benzene rings is 1. The van der Waals surface area contributed by atoms with E-state index in [1.54, 1.807) is 17.0 Å². The lowest BCUT2D eigenvalue weighted by Gasteiger charge is -2.36. The van der Waals surface area contributed by atoms with Crippen molar-refractivity contribution in [2.24, 2.45) is 5.41 Å². The van der Waals surface area contributed by atoms with Gasteiger partial charge in [-0.15, -0.1) is 0 Å². The second-order valence-corrected chi connectivity index (χ2v) is 9.60. The monoisotopic (exact) mass is 424 g/mol. The molecule has 1 atom stereocenters. The van der Waals surface area contributed by atoms with Crippen molar-refractivity contribution >= 4 is 17.6 Å². The molecule has 2 aromatic rings. The predicted molar refractivity (Wildman–Crippen MR) is 116 cm³/mol. The van der Waals surface area contributed by atoms with Crippen molar-refractivity contribution in [1.29, 1.82) is 0 Å². The third-order valence-electron chi connectivity index (χ3n) is 6.04. The number of hydrogen-bond donors (Lipinski definition) is 0. The third kappa shape index (κ3) is 4.31. The van der Waals surface area contributed by atoms with Gasteiger partial charge in [0.1, 0.15) is 17.5 Å². The van der Waals surface area contributed by atoms with Crippen LogP contribution in [0.5, 0.6) is 0 Å². The first kappa shape index (κ1) is 21.4. The van der Waals surface area contributed by atoms with Crippen LogP contribution in [0.2, 0.25) is 0 Å². The van der Waals surface area contributed by atoms with Crippen molar-refractivity contribution in [2.75, 3.05) is 18.0 Å². The number of carbonyl (C=O) groups excluding carboxylic acids is 2. The van der Waals surface area contributed by atoms with Crippen LogP contribution in [0.15, 0.2) is 24.3 Å². The molecular weight excluding hydrogens is 395 g/mol. The van der Waals surface area contributed by atoms with Crippen molar-refractivity contribution in [3.05, 3.63) is 52.7 Å². The van der Waals surface area contributed by atoms with Crippen molar-refractivity contribution in [3.8, 4) is 0 Å². The molecule has 0 radical (unpaired) electrons. The Bertz CT molecular complexity index is 1030. The number of aryl methyl sites for hydroxylation is 1. The fourth-order valence-electron chi connectivity index (χ4n) is 4.41. The minimum atomic E-state index is -0.426. The van der Waals surface area contributed by atoms with E-state index < -0.39 is 5.41 Å². The van der Waals surface area contributed by atoms with E-state index in [0.29, 0.717) is 18.2 Å². The Labute approximate surface area is 182 Å². The van der Waals surface area contributed by atoms with E-state index in [1.165, 1.54) is 12.1 Å². The van der Waals surface area contributed by atoms with Crippen molar-refractivity contribution < 1.29 is 14.0 Å². The minimum absolute atomic E-state index is 0.0378. The Balaban J connectivity index is 1.62. The zero-order valence-corrected chi connectivity index (χ0v) is 18.6. The number of anilines is 1. The van der Waals surface area contributed by atoms with E-state index in [4.69, 9.17) is 9.97 Å². The number of likely N-dealkylation sites (tertiary alicyclic amines) is 1. The number of halogens is 1. The maximum atomic E-state index is 13.6. The maximum absolute atomic E-state index is 13.6. The molecule has 7 heteroatoms. The summed E-state index contributed by atoms with van der Waals surface area (Å²) < 4.78 is 13.6. The zero-order chi connectivity index (χ0) is 22.3. The van der Waals surface area contributed by atoms with E-state index >= 15 is 0 Å². The highest BCUT2D eigenvalue weighted by Gasteiger charge is 2.35. The van der Waals surface area contributed by atoms with Crippen LogP contribution >= 0.6 is 0 Å². The van der Waals surface area contributed by atoms with Gasteiger partial charge in [0, 0.05) is 35.7 Å². The highest BCUT2D eigenvalue weighted by molar-refractivity contribution is 6.00. The average Bonchev–Trinajstić information content (AvgIpc) is 3.03. The van der Waals surface area contributed by atoms with Crippen LogP contribution in [0.4, 0.5) is 10.2 Å². The molecule has 1 aromatic heterocycles. The molecule has 164 valence electrons. The molecule has 0 bridgehead atoms. The van der Waals surface area contributed by atoms with Crippen LogP contribution in [-0.4, -0.2) is 39.8 Å². The van der Waals surface area contributed by atoms with Crippen LogP contribution in [0.3, 0.4) is 0 Å². The van der Waals surface area contributed by atoms with Gasteiger partial charge < -0.3 is 4.90 Å². The van der Waals surface area contributed by atoms with Crippen LogP contribution in [0.25, 0.3) is 0 Å². The highest BCUT2D eigenvalue weighted by atomic mass is 19.1. The summed E-state index contributed by atoms with van der Waals surface area (Å²) in [7, 11) is 0. The number of carbonyl (C=O) groups is 2. The molecule has 0 aliphatic carbocycles. The summed E-state index contributed by atoms with van der Waals surface area (Å²) in [5, 5.41) is 0. The first-order valence-electron chi connectivity index (χ1n) is 10.8. The van der Waals surface area contributed by atoms with E-state index in [9.17, 15) is 14.0 Å². The van der Waals surface area contributed by atoms with E-state index in [2.05, 4.69) is 0 Å². The summed E-state index contributed by atoms with van der Waals surface area (Å²) in [6, 6.07) is 6.28. The molecule has 2 amide bonds. The lowest BCUT2D eigenvalue weighted by atomic mass is 9.91. The minimum Gasteiger partial charge on any atom is -0.342 e. The molecule has 1 saturated heterocycles. The first-order chi connectivity index (χ1) is 14.6. The SMILES string of the molecule is Cc1nc([C@@H]2CCCN(C(=O)C(C)(C)C)C2)nc2c1CC(=O)N2Cc1cccc(F)c1. The molecule has 1 fully saturated rings. The topological polar surface area (TPSA) is 66.4 Å². The number of aromatic nitrogens is 2. The van der Waals surface area contributed by atoms with E-state index in [-0.39, 0.29) is 36.5 Å². The second-order valence-electron chi connectivity index (χ2n) is 9.60. The number of fused-ring (bicyclic) bond motifs is 1. The number of piperidine rings is 1. The average molecular weight is 425 g/mol. The number of rotatable bonds is 3. The van der Waals surface area contributed by atoms with Crippen LogP contribution in [0.1, 0.15) is 62.2 Å². The fraction of sp³-hybridized carbons (Fsp3) is 0.500. The van der Waals surface area contributed by atoms with Crippen LogP contribution in [-0.2, 0) is 22.6 Å². The van der Waals surface area contributed by atoms with Gasteiger partial charge in [0.2, 0.25) is 11.8 Å². The van der Waals surface area contributed by atoms with Gasteiger partial charge in [0.05, 0.1) is 13.0 Å². The first-order valence-corrected chi connectivity index (χ1v) is 10.8. The molecule has 31 heavy (non-hydrogen) atoms. The quantitative estimate of drug-likeness (QED) is 0.752. The predicted octanol–water partition coefficient (Wildman–Crippen LogP) is 3.77. The molecule has 2 aliphatic rings. The number of hydrogen-bond acceptors (Lipinski definition) is 4. The zero-order valence-electron chi connectivity index (χ0n) is 18.6. The van der Waals surface area contributed by atoms with Gasteiger partial charge in [-0.25, -0.2) is 14.4 Å². The second kappa shape index (κ2) is 8.02. The Hall–Kier alpha value is -2.83. The summed E-state index contributed by atoms with van der Waals surface area (Å²) in [4.78, 5) is 38.6. The largest absolute Gasteiger partial charge is 0.342 e. The summed E-state index contributed by atoms with van der Waals surface area (Å²) in [6.07, 6.45) is 2.07. The van der Waals surface area contributed by atoms with Crippen molar-refractivity contribution in [1.82, 2.24) is 14.9 Å². The molecule has 4 rings (SSSR count). The fourth-order valence-corrected chi connectivity index (χ4v) is 4.41. The number of nitrogens with zero attached hydrogens (tertiary/aromatic N) is 4. The molecule has 6 nitrogen and oxygen atoms in total. The molecule has 2 aliphatic heterocycles. The van der Waals surface area contributed by atoms with Crippen molar-refractivity contribution in [2.45, 2.75) is 59.4 Å². The molecule has 1 aromatic carbocycles. The van der Waals surface area contributed by atoms with Gasteiger partial charge in [-0.1, -0.05) is 32.9 Å². The summed E-state index contributed by atoms with van der Waals surface area (Å²) >= 11 is 0. The Morgan fingerprint density at radius 1 is 1.26 bits per heavy atom. The van der Waals surface area contributed by atoms with Crippen LogP contribution in [0, 0.1) is 18.2 Å². The van der Waals surface area contributed by atoms with Gasteiger partial charge in [0.25, 0.3) is 0 Å². The van der Waals surface area contributed by atoms with Gasteiger partial charge in [-0.2, -0.15) is 0 Å². The summed E-state index contributed by atoms with van der Waals surface area (Å²) in [5.41, 5.74) is 1.93. The lowest BCUT2D eigenvalue weighted by molar-refractivity contribution is -0.140. The highest BCUT2D eigenvalue weighted by Crippen LogP contribution is 2.34. The maximum Gasteiger partial charge on any atom is 0.233 e. The summed E-state index contributed by atoms with van der Waals surface area (Å²) in [5.74, 6) is 1.10. The van der Waals surface area contributed by atoms with E-state index in [1.807, 2.05) is 32.6 Å².